The highest BCUT2D eigenvalue weighted by molar-refractivity contribution is 6.04. The van der Waals surface area contributed by atoms with Crippen molar-refractivity contribution in [3.63, 3.8) is 0 Å². The molecule has 1 amide bonds. The van der Waals surface area contributed by atoms with E-state index < -0.39 is 0 Å². The largest absolute Gasteiger partial charge is 0.492 e. The predicted molar refractivity (Wildman–Crippen MR) is 87.5 cm³/mol. The lowest BCUT2D eigenvalue weighted by molar-refractivity contribution is 0.101. The zero-order valence-corrected chi connectivity index (χ0v) is 12.7. The van der Waals surface area contributed by atoms with Gasteiger partial charge in [0.25, 0.3) is 5.91 Å². The zero-order chi connectivity index (χ0) is 16.1. The van der Waals surface area contributed by atoms with Crippen molar-refractivity contribution in [2.24, 2.45) is 0 Å². The SMILES string of the molecule is CCOc1ccccc1NC(=O)c1cc(-c2ccccc2)on1. The molecule has 0 radical (unpaired) electrons. The Hall–Kier alpha value is -3.08. The third kappa shape index (κ3) is 3.40. The molecule has 5 heteroatoms. The summed E-state index contributed by atoms with van der Waals surface area (Å²) < 4.78 is 10.7. The molecule has 0 aliphatic rings. The first-order valence-corrected chi connectivity index (χ1v) is 7.33. The molecule has 0 fully saturated rings. The topological polar surface area (TPSA) is 64.4 Å². The average Bonchev–Trinajstić information content (AvgIpc) is 3.08. The summed E-state index contributed by atoms with van der Waals surface area (Å²) in [6, 6.07) is 18.4. The summed E-state index contributed by atoms with van der Waals surface area (Å²) in [5.41, 5.74) is 1.69. The maximum Gasteiger partial charge on any atom is 0.277 e. The maximum absolute atomic E-state index is 12.3. The van der Waals surface area contributed by atoms with E-state index >= 15 is 0 Å². The second-order valence-corrected chi connectivity index (χ2v) is 4.83. The van der Waals surface area contributed by atoms with Gasteiger partial charge in [-0.05, 0) is 19.1 Å². The molecular formula is C18H16N2O3. The highest BCUT2D eigenvalue weighted by atomic mass is 16.5. The maximum atomic E-state index is 12.3. The van der Waals surface area contributed by atoms with Crippen molar-refractivity contribution in [2.75, 3.05) is 11.9 Å². The van der Waals surface area contributed by atoms with Crippen LogP contribution in [0.5, 0.6) is 5.75 Å². The number of hydrogen-bond donors (Lipinski definition) is 1. The molecule has 2 aromatic carbocycles. The lowest BCUT2D eigenvalue weighted by atomic mass is 10.1. The zero-order valence-electron chi connectivity index (χ0n) is 12.7. The Bertz CT molecular complexity index is 797. The average molecular weight is 308 g/mol. The van der Waals surface area contributed by atoms with Crippen LogP contribution in [0.4, 0.5) is 5.69 Å². The van der Waals surface area contributed by atoms with Gasteiger partial charge in [0.05, 0.1) is 12.3 Å². The van der Waals surface area contributed by atoms with Crippen molar-refractivity contribution in [1.29, 1.82) is 0 Å². The fraction of sp³-hybridized carbons (Fsp3) is 0.111. The molecule has 0 unspecified atom stereocenters. The summed E-state index contributed by atoms with van der Waals surface area (Å²) in [7, 11) is 0. The Morgan fingerprint density at radius 1 is 1.13 bits per heavy atom. The number of ether oxygens (including phenoxy) is 1. The summed E-state index contributed by atoms with van der Waals surface area (Å²) in [6.45, 7) is 2.41. The molecule has 0 spiro atoms. The summed E-state index contributed by atoms with van der Waals surface area (Å²) in [5, 5.41) is 6.63. The Kier molecular flexibility index (Phi) is 4.38. The van der Waals surface area contributed by atoms with Crippen molar-refractivity contribution in [2.45, 2.75) is 6.92 Å². The number of amides is 1. The number of carbonyl (C=O) groups is 1. The normalized spacial score (nSPS) is 10.3. The molecule has 23 heavy (non-hydrogen) atoms. The number of aromatic nitrogens is 1. The molecule has 1 aromatic heterocycles. The van der Waals surface area contributed by atoms with Gasteiger partial charge in [-0.25, -0.2) is 0 Å². The molecule has 0 atom stereocenters. The van der Waals surface area contributed by atoms with Crippen molar-refractivity contribution in [1.82, 2.24) is 5.16 Å². The minimum atomic E-state index is -0.344. The molecule has 116 valence electrons. The molecule has 0 bridgehead atoms. The Morgan fingerprint density at radius 3 is 2.65 bits per heavy atom. The third-order valence-corrected chi connectivity index (χ3v) is 3.24. The van der Waals surface area contributed by atoms with E-state index in [4.69, 9.17) is 9.26 Å². The monoisotopic (exact) mass is 308 g/mol. The number of benzene rings is 2. The molecule has 1 N–H and O–H groups in total. The number of anilines is 1. The Balaban J connectivity index is 1.78. The minimum Gasteiger partial charge on any atom is -0.492 e. The van der Waals surface area contributed by atoms with Crippen LogP contribution in [-0.4, -0.2) is 17.7 Å². The summed E-state index contributed by atoms with van der Waals surface area (Å²) in [4.78, 5) is 12.3. The number of rotatable bonds is 5. The minimum absolute atomic E-state index is 0.218. The number of nitrogens with zero attached hydrogens (tertiary/aromatic N) is 1. The van der Waals surface area contributed by atoms with E-state index in [2.05, 4.69) is 10.5 Å². The molecule has 0 saturated heterocycles. The van der Waals surface area contributed by atoms with E-state index in [9.17, 15) is 4.79 Å². The van der Waals surface area contributed by atoms with Crippen molar-refractivity contribution in [3.8, 4) is 17.1 Å². The second kappa shape index (κ2) is 6.79. The van der Waals surface area contributed by atoms with Gasteiger partial charge >= 0.3 is 0 Å². The van der Waals surface area contributed by atoms with Crippen LogP contribution in [0, 0.1) is 0 Å². The fourth-order valence-corrected chi connectivity index (χ4v) is 2.16. The van der Waals surface area contributed by atoms with Gasteiger partial charge in [0.1, 0.15) is 5.75 Å². The van der Waals surface area contributed by atoms with Crippen LogP contribution in [0.15, 0.2) is 65.2 Å². The summed E-state index contributed by atoms with van der Waals surface area (Å²) in [6.07, 6.45) is 0. The van der Waals surface area contributed by atoms with Gasteiger partial charge in [0, 0.05) is 11.6 Å². The smallest absolute Gasteiger partial charge is 0.277 e. The first kappa shape index (κ1) is 14.8. The first-order valence-electron chi connectivity index (χ1n) is 7.33. The predicted octanol–water partition coefficient (Wildman–Crippen LogP) is 3.99. The molecular weight excluding hydrogens is 292 g/mol. The lowest BCUT2D eigenvalue weighted by Gasteiger charge is -2.09. The van der Waals surface area contributed by atoms with Crippen molar-refractivity contribution >= 4 is 11.6 Å². The first-order chi connectivity index (χ1) is 11.3. The van der Waals surface area contributed by atoms with Crippen LogP contribution < -0.4 is 10.1 Å². The molecule has 0 saturated carbocycles. The highest BCUT2D eigenvalue weighted by Gasteiger charge is 2.15. The summed E-state index contributed by atoms with van der Waals surface area (Å²) >= 11 is 0. The Labute approximate surface area is 133 Å². The van der Waals surface area contributed by atoms with E-state index in [1.807, 2.05) is 49.4 Å². The molecule has 3 rings (SSSR count). The van der Waals surface area contributed by atoms with Crippen molar-refractivity contribution in [3.05, 3.63) is 66.4 Å². The summed E-state index contributed by atoms with van der Waals surface area (Å²) in [5.74, 6) is 0.826. The van der Waals surface area contributed by atoms with Crippen LogP contribution in [0.1, 0.15) is 17.4 Å². The van der Waals surface area contributed by atoms with E-state index in [0.29, 0.717) is 23.8 Å². The molecule has 3 aromatic rings. The number of nitrogens with one attached hydrogen (secondary N) is 1. The van der Waals surface area contributed by atoms with Crippen LogP contribution in [0.3, 0.4) is 0 Å². The van der Waals surface area contributed by atoms with Crippen LogP contribution >= 0.6 is 0 Å². The molecule has 0 aliphatic heterocycles. The van der Waals surface area contributed by atoms with Crippen LogP contribution in [0.25, 0.3) is 11.3 Å². The third-order valence-electron chi connectivity index (χ3n) is 3.24. The standard InChI is InChI=1S/C18H16N2O3/c1-2-22-16-11-7-6-10-14(16)19-18(21)15-12-17(23-20-15)13-8-4-3-5-9-13/h3-12H,2H2,1H3,(H,19,21). The van der Waals surface area contributed by atoms with Gasteiger partial charge in [-0.2, -0.15) is 0 Å². The Morgan fingerprint density at radius 2 is 1.87 bits per heavy atom. The van der Waals surface area contributed by atoms with Gasteiger partial charge in [-0.1, -0.05) is 47.6 Å². The highest BCUT2D eigenvalue weighted by Crippen LogP contribution is 2.25. The number of hydrogen-bond acceptors (Lipinski definition) is 4. The lowest BCUT2D eigenvalue weighted by Crippen LogP contribution is -2.13. The quantitative estimate of drug-likeness (QED) is 0.774. The van der Waals surface area contributed by atoms with Crippen LogP contribution in [-0.2, 0) is 0 Å². The van der Waals surface area contributed by atoms with Gasteiger partial charge in [-0.3, -0.25) is 4.79 Å². The van der Waals surface area contributed by atoms with E-state index in [1.54, 1.807) is 18.2 Å². The molecule has 5 nitrogen and oxygen atoms in total. The van der Waals surface area contributed by atoms with E-state index in [1.165, 1.54) is 0 Å². The molecule has 1 heterocycles. The van der Waals surface area contributed by atoms with Crippen LogP contribution in [0.2, 0.25) is 0 Å². The van der Waals surface area contributed by atoms with E-state index in [0.717, 1.165) is 5.56 Å². The van der Waals surface area contributed by atoms with Gasteiger partial charge in [-0.15, -0.1) is 0 Å². The van der Waals surface area contributed by atoms with Gasteiger partial charge in [0.15, 0.2) is 11.5 Å². The number of para-hydroxylation sites is 2. The second-order valence-electron chi connectivity index (χ2n) is 4.83. The van der Waals surface area contributed by atoms with Crippen molar-refractivity contribution < 1.29 is 14.1 Å². The van der Waals surface area contributed by atoms with E-state index in [-0.39, 0.29) is 11.6 Å². The van der Waals surface area contributed by atoms with Gasteiger partial charge < -0.3 is 14.6 Å². The fourth-order valence-electron chi connectivity index (χ4n) is 2.16. The number of carbonyl (C=O) groups excluding carboxylic acids is 1. The van der Waals surface area contributed by atoms with Gasteiger partial charge in [0.2, 0.25) is 0 Å². The molecule has 0 aliphatic carbocycles.